The molecule has 0 atom stereocenters. The Labute approximate surface area is 135 Å². The second-order valence-electron chi connectivity index (χ2n) is 5.11. The molecular formula is C19H17N3O. The Hall–Kier alpha value is -3.14. The van der Waals surface area contributed by atoms with E-state index in [1.807, 2.05) is 42.5 Å². The lowest BCUT2D eigenvalue weighted by atomic mass is 10.2. The van der Waals surface area contributed by atoms with Crippen molar-refractivity contribution in [1.29, 1.82) is 0 Å². The van der Waals surface area contributed by atoms with E-state index >= 15 is 0 Å². The highest BCUT2D eigenvalue weighted by molar-refractivity contribution is 6.04. The van der Waals surface area contributed by atoms with Crippen molar-refractivity contribution in [2.45, 2.75) is 6.54 Å². The molecule has 0 aliphatic heterocycles. The zero-order valence-corrected chi connectivity index (χ0v) is 12.6. The molecule has 0 fully saturated rings. The Morgan fingerprint density at radius 3 is 2.30 bits per heavy atom. The predicted molar refractivity (Wildman–Crippen MR) is 92.4 cm³/mol. The number of benzene rings is 2. The number of aromatic nitrogens is 1. The summed E-state index contributed by atoms with van der Waals surface area (Å²) in [6, 6.07) is 21.3. The summed E-state index contributed by atoms with van der Waals surface area (Å²) in [6.45, 7) is 0.766. The van der Waals surface area contributed by atoms with Gasteiger partial charge < -0.3 is 10.6 Å². The van der Waals surface area contributed by atoms with Crippen molar-refractivity contribution in [3.63, 3.8) is 0 Å². The number of carbonyl (C=O) groups is 1. The second-order valence-corrected chi connectivity index (χ2v) is 5.11. The van der Waals surface area contributed by atoms with Crippen molar-refractivity contribution < 1.29 is 4.79 Å². The normalized spacial score (nSPS) is 10.1. The molecule has 2 N–H and O–H groups in total. The van der Waals surface area contributed by atoms with Crippen LogP contribution in [0.3, 0.4) is 0 Å². The number of hydrogen-bond donors (Lipinski definition) is 2. The Morgan fingerprint density at radius 2 is 1.61 bits per heavy atom. The van der Waals surface area contributed by atoms with Gasteiger partial charge in [-0.15, -0.1) is 0 Å². The van der Waals surface area contributed by atoms with Crippen molar-refractivity contribution in [3.05, 3.63) is 90.3 Å². The van der Waals surface area contributed by atoms with E-state index in [2.05, 4.69) is 27.8 Å². The molecule has 0 aliphatic carbocycles. The van der Waals surface area contributed by atoms with Crippen molar-refractivity contribution in [2.24, 2.45) is 0 Å². The molecule has 0 saturated heterocycles. The number of pyridine rings is 1. The van der Waals surface area contributed by atoms with Crippen LogP contribution in [0.15, 0.2) is 79.1 Å². The van der Waals surface area contributed by atoms with Crippen LogP contribution in [0.1, 0.15) is 15.9 Å². The molecule has 2 aromatic carbocycles. The minimum Gasteiger partial charge on any atom is -0.381 e. The molecule has 0 aliphatic rings. The van der Waals surface area contributed by atoms with Gasteiger partial charge in [-0.25, -0.2) is 0 Å². The van der Waals surface area contributed by atoms with E-state index in [4.69, 9.17) is 0 Å². The molecule has 4 heteroatoms. The highest BCUT2D eigenvalue weighted by Crippen LogP contribution is 2.15. The Morgan fingerprint density at radius 1 is 0.870 bits per heavy atom. The first-order valence-electron chi connectivity index (χ1n) is 7.40. The average Bonchev–Trinajstić information content (AvgIpc) is 2.63. The molecule has 1 amide bonds. The Balaban J connectivity index is 1.58. The largest absolute Gasteiger partial charge is 0.381 e. The van der Waals surface area contributed by atoms with E-state index in [1.165, 1.54) is 5.56 Å². The lowest BCUT2D eigenvalue weighted by Gasteiger charge is -2.09. The molecule has 3 aromatic rings. The fraction of sp³-hybridized carbons (Fsp3) is 0.0526. The smallest absolute Gasteiger partial charge is 0.257 e. The zero-order chi connectivity index (χ0) is 15.9. The summed E-state index contributed by atoms with van der Waals surface area (Å²) in [7, 11) is 0. The van der Waals surface area contributed by atoms with Crippen LogP contribution in [0.4, 0.5) is 11.4 Å². The van der Waals surface area contributed by atoms with Crippen LogP contribution in [0.5, 0.6) is 0 Å². The van der Waals surface area contributed by atoms with Gasteiger partial charge in [-0.2, -0.15) is 0 Å². The van der Waals surface area contributed by atoms with E-state index < -0.39 is 0 Å². The maximum Gasteiger partial charge on any atom is 0.257 e. The topological polar surface area (TPSA) is 54.0 Å². The molecule has 0 unspecified atom stereocenters. The number of nitrogens with zero attached hydrogens (tertiary/aromatic N) is 1. The van der Waals surface area contributed by atoms with Gasteiger partial charge in [-0.05, 0) is 42.0 Å². The fourth-order valence-corrected chi connectivity index (χ4v) is 2.17. The Bertz CT molecular complexity index is 756. The molecule has 114 valence electrons. The quantitative estimate of drug-likeness (QED) is 0.750. The molecule has 0 radical (unpaired) electrons. The van der Waals surface area contributed by atoms with Crippen molar-refractivity contribution in [1.82, 2.24) is 4.98 Å². The first-order valence-corrected chi connectivity index (χ1v) is 7.40. The molecular weight excluding hydrogens is 286 g/mol. The maximum atomic E-state index is 12.0. The molecule has 0 spiro atoms. The van der Waals surface area contributed by atoms with Crippen molar-refractivity contribution in [2.75, 3.05) is 10.6 Å². The van der Waals surface area contributed by atoms with E-state index in [0.29, 0.717) is 5.56 Å². The van der Waals surface area contributed by atoms with Gasteiger partial charge in [0, 0.05) is 30.3 Å². The van der Waals surface area contributed by atoms with Gasteiger partial charge in [0.15, 0.2) is 0 Å². The summed E-state index contributed by atoms with van der Waals surface area (Å²) in [6.07, 6.45) is 3.19. The van der Waals surface area contributed by atoms with E-state index in [-0.39, 0.29) is 5.91 Å². The zero-order valence-electron chi connectivity index (χ0n) is 12.6. The summed E-state index contributed by atoms with van der Waals surface area (Å²) in [4.78, 5) is 16.0. The lowest BCUT2D eigenvalue weighted by Crippen LogP contribution is -2.11. The van der Waals surface area contributed by atoms with Crippen LogP contribution >= 0.6 is 0 Å². The third-order valence-electron chi connectivity index (χ3n) is 3.41. The molecule has 0 saturated carbocycles. The monoisotopic (exact) mass is 303 g/mol. The first-order chi connectivity index (χ1) is 11.3. The number of anilines is 2. The summed E-state index contributed by atoms with van der Waals surface area (Å²) in [5, 5.41) is 6.20. The number of nitrogens with one attached hydrogen (secondary N) is 2. The van der Waals surface area contributed by atoms with E-state index in [9.17, 15) is 4.79 Å². The van der Waals surface area contributed by atoms with Gasteiger partial charge in [0.1, 0.15) is 0 Å². The standard InChI is InChI=1S/C19H17N3O/c23-19(16-7-4-12-20-14-16)22-18-10-8-17(9-11-18)21-13-15-5-2-1-3-6-15/h1-12,14,21H,13H2,(H,22,23). The van der Waals surface area contributed by atoms with Gasteiger partial charge in [-0.3, -0.25) is 9.78 Å². The van der Waals surface area contributed by atoms with Crippen LogP contribution in [0, 0.1) is 0 Å². The minimum absolute atomic E-state index is 0.164. The lowest BCUT2D eigenvalue weighted by molar-refractivity contribution is 0.102. The summed E-state index contributed by atoms with van der Waals surface area (Å²) >= 11 is 0. The molecule has 4 nitrogen and oxygen atoms in total. The van der Waals surface area contributed by atoms with Crippen LogP contribution < -0.4 is 10.6 Å². The van der Waals surface area contributed by atoms with Crippen molar-refractivity contribution >= 4 is 17.3 Å². The summed E-state index contributed by atoms with van der Waals surface area (Å²) < 4.78 is 0. The van der Waals surface area contributed by atoms with E-state index in [0.717, 1.165) is 17.9 Å². The molecule has 1 aromatic heterocycles. The van der Waals surface area contributed by atoms with E-state index in [1.54, 1.807) is 24.5 Å². The maximum absolute atomic E-state index is 12.0. The van der Waals surface area contributed by atoms with Gasteiger partial charge in [0.2, 0.25) is 0 Å². The summed E-state index contributed by atoms with van der Waals surface area (Å²) in [5.74, 6) is -0.164. The second kappa shape index (κ2) is 7.22. The number of hydrogen-bond acceptors (Lipinski definition) is 3. The molecule has 3 rings (SSSR count). The highest BCUT2D eigenvalue weighted by atomic mass is 16.1. The van der Waals surface area contributed by atoms with Gasteiger partial charge in [0.25, 0.3) is 5.91 Å². The van der Waals surface area contributed by atoms with Crippen LogP contribution in [0.25, 0.3) is 0 Å². The SMILES string of the molecule is O=C(Nc1ccc(NCc2ccccc2)cc1)c1cccnc1. The highest BCUT2D eigenvalue weighted by Gasteiger charge is 2.05. The van der Waals surface area contributed by atoms with Crippen LogP contribution in [-0.2, 0) is 6.54 Å². The molecule has 23 heavy (non-hydrogen) atoms. The number of amides is 1. The molecule has 1 heterocycles. The van der Waals surface area contributed by atoms with Crippen LogP contribution in [0.2, 0.25) is 0 Å². The predicted octanol–water partition coefficient (Wildman–Crippen LogP) is 3.95. The third-order valence-corrected chi connectivity index (χ3v) is 3.41. The third kappa shape index (κ3) is 4.17. The average molecular weight is 303 g/mol. The molecule has 0 bridgehead atoms. The van der Waals surface area contributed by atoms with Crippen LogP contribution in [-0.4, -0.2) is 10.9 Å². The first kappa shape index (κ1) is 14.8. The number of rotatable bonds is 5. The minimum atomic E-state index is -0.164. The fourth-order valence-electron chi connectivity index (χ4n) is 2.17. The van der Waals surface area contributed by atoms with Crippen molar-refractivity contribution in [3.8, 4) is 0 Å². The summed E-state index contributed by atoms with van der Waals surface area (Å²) in [5.41, 5.74) is 3.53. The number of carbonyl (C=O) groups excluding carboxylic acids is 1. The van der Waals surface area contributed by atoms with Gasteiger partial charge in [-0.1, -0.05) is 30.3 Å². The Kier molecular flexibility index (Phi) is 4.64. The van der Waals surface area contributed by atoms with Gasteiger partial charge in [0.05, 0.1) is 5.56 Å². The van der Waals surface area contributed by atoms with Gasteiger partial charge >= 0.3 is 0 Å².